The van der Waals surface area contributed by atoms with Crippen molar-refractivity contribution in [2.75, 3.05) is 13.2 Å². The third-order valence-electron chi connectivity index (χ3n) is 2.18. The van der Waals surface area contributed by atoms with E-state index >= 15 is 0 Å². The Morgan fingerprint density at radius 2 is 2.06 bits per heavy atom. The maximum Gasteiger partial charge on any atom is 0.411 e. The van der Waals surface area contributed by atoms with Gasteiger partial charge in [0.05, 0.1) is 12.3 Å². The topological polar surface area (TPSA) is 34.1 Å². The van der Waals surface area contributed by atoms with Crippen LogP contribution < -0.4 is 5.32 Å². The first-order valence-electron chi connectivity index (χ1n) is 5.79. The molecule has 1 aromatic heterocycles. The lowest BCUT2D eigenvalue weighted by molar-refractivity contribution is -0.176. The molecule has 0 bridgehead atoms. The second kappa shape index (κ2) is 7.06. The van der Waals surface area contributed by atoms with Gasteiger partial charge >= 0.3 is 6.18 Å². The van der Waals surface area contributed by atoms with E-state index in [1.165, 1.54) is 11.3 Å². The van der Waals surface area contributed by atoms with E-state index in [1.54, 1.807) is 0 Å². The zero-order chi connectivity index (χ0) is 13.6. The summed E-state index contributed by atoms with van der Waals surface area (Å²) in [6.07, 6.45) is -3.51. The van der Waals surface area contributed by atoms with Crippen LogP contribution in [-0.2, 0) is 24.3 Å². The minimum absolute atomic E-state index is 0.0801. The lowest BCUT2D eigenvalue weighted by atomic mass is 10.3. The molecule has 1 rings (SSSR count). The summed E-state index contributed by atoms with van der Waals surface area (Å²) in [6.45, 7) is 4.22. The van der Waals surface area contributed by atoms with Gasteiger partial charge in [-0.3, -0.25) is 0 Å². The fourth-order valence-corrected chi connectivity index (χ4v) is 2.47. The zero-order valence-electron chi connectivity index (χ0n) is 10.4. The van der Waals surface area contributed by atoms with Gasteiger partial charge in [-0.25, -0.2) is 4.98 Å². The van der Waals surface area contributed by atoms with E-state index in [-0.39, 0.29) is 6.61 Å². The molecule has 1 heterocycles. The number of alkyl halides is 3. The van der Waals surface area contributed by atoms with Crippen LogP contribution in [0.3, 0.4) is 0 Å². The average Bonchev–Trinajstić information content (AvgIpc) is 2.67. The summed E-state index contributed by atoms with van der Waals surface area (Å²) in [6, 6.07) is 0. The predicted octanol–water partition coefficient (Wildman–Crippen LogP) is 2.89. The van der Waals surface area contributed by atoms with Gasteiger partial charge in [-0.1, -0.05) is 13.8 Å². The SMILES string of the molecule is CCNCc1sc(COCC(F)(F)F)nc1CC. The maximum atomic E-state index is 11.9. The van der Waals surface area contributed by atoms with E-state index in [2.05, 4.69) is 15.0 Å². The van der Waals surface area contributed by atoms with Crippen LogP contribution in [-0.4, -0.2) is 24.3 Å². The molecular weight excluding hydrogens is 265 g/mol. The molecule has 0 saturated carbocycles. The second-order valence-electron chi connectivity index (χ2n) is 3.72. The van der Waals surface area contributed by atoms with Crippen molar-refractivity contribution in [2.24, 2.45) is 0 Å². The van der Waals surface area contributed by atoms with Crippen molar-refractivity contribution in [1.82, 2.24) is 10.3 Å². The summed E-state index contributed by atoms with van der Waals surface area (Å²) in [7, 11) is 0. The summed E-state index contributed by atoms with van der Waals surface area (Å²) in [5, 5.41) is 3.78. The van der Waals surface area contributed by atoms with E-state index in [4.69, 9.17) is 0 Å². The molecule has 0 aliphatic rings. The third-order valence-corrected chi connectivity index (χ3v) is 3.26. The molecule has 0 amide bonds. The highest BCUT2D eigenvalue weighted by atomic mass is 32.1. The largest absolute Gasteiger partial charge is 0.411 e. The van der Waals surface area contributed by atoms with Crippen molar-refractivity contribution < 1.29 is 17.9 Å². The van der Waals surface area contributed by atoms with Crippen molar-refractivity contribution in [3.05, 3.63) is 15.6 Å². The first kappa shape index (κ1) is 15.4. The van der Waals surface area contributed by atoms with Gasteiger partial charge in [0.2, 0.25) is 0 Å². The molecule has 0 unspecified atom stereocenters. The van der Waals surface area contributed by atoms with Gasteiger partial charge in [0, 0.05) is 11.4 Å². The molecule has 3 nitrogen and oxygen atoms in total. The van der Waals surface area contributed by atoms with Crippen LogP contribution in [0, 0.1) is 0 Å². The number of nitrogens with one attached hydrogen (secondary N) is 1. The van der Waals surface area contributed by atoms with E-state index < -0.39 is 12.8 Å². The smallest absolute Gasteiger partial charge is 0.365 e. The van der Waals surface area contributed by atoms with Crippen LogP contribution in [0.2, 0.25) is 0 Å². The van der Waals surface area contributed by atoms with Gasteiger partial charge < -0.3 is 10.1 Å². The lowest BCUT2D eigenvalue weighted by Crippen LogP contribution is -2.16. The molecule has 0 radical (unpaired) electrons. The molecule has 104 valence electrons. The fourth-order valence-electron chi connectivity index (χ4n) is 1.41. The summed E-state index contributed by atoms with van der Waals surface area (Å²) >= 11 is 1.41. The summed E-state index contributed by atoms with van der Waals surface area (Å²) in [4.78, 5) is 5.36. The highest BCUT2D eigenvalue weighted by Crippen LogP contribution is 2.21. The Kier molecular flexibility index (Phi) is 6.04. The molecule has 0 saturated heterocycles. The number of aryl methyl sites for hydroxylation is 1. The number of ether oxygens (including phenoxy) is 1. The van der Waals surface area contributed by atoms with Crippen molar-refractivity contribution in [3.63, 3.8) is 0 Å². The fraction of sp³-hybridized carbons (Fsp3) is 0.727. The Morgan fingerprint density at radius 3 is 2.61 bits per heavy atom. The highest BCUT2D eigenvalue weighted by molar-refractivity contribution is 7.11. The van der Waals surface area contributed by atoms with Crippen molar-refractivity contribution in [3.8, 4) is 0 Å². The molecule has 0 atom stereocenters. The van der Waals surface area contributed by atoms with E-state index in [0.29, 0.717) is 11.6 Å². The van der Waals surface area contributed by atoms with Crippen LogP contribution in [0.4, 0.5) is 13.2 Å². The number of rotatable bonds is 7. The monoisotopic (exact) mass is 282 g/mol. The Labute approximate surface area is 108 Å². The third kappa shape index (κ3) is 5.32. The van der Waals surface area contributed by atoms with Gasteiger partial charge in [0.25, 0.3) is 0 Å². The normalized spacial score (nSPS) is 12.1. The number of halogens is 3. The Hall–Kier alpha value is -0.660. The van der Waals surface area contributed by atoms with Crippen molar-refractivity contribution in [2.45, 2.75) is 39.6 Å². The van der Waals surface area contributed by atoms with Gasteiger partial charge in [-0.15, -0.1) is 11.3 Å². The summed E-state index contributed by atoms with van der Waals surface area (Å²) in [5.41, 5.74) is 0.937. The van der Waals surface area contributed by atoms with E-state index in [0.717, 1.165) is 23.5 Å². The molecule has 0 aromatic carbocycles. The van der Waals surface area contributed by atoms with E-state index in [9.17, 15) is 13.2 Å². The number of hydrogen-bond acceptors (Lipinski definition) is 4. The van der Waals surface area contributed by atoms with Gasteiger partial charge in [-0.05, 0) is 13.0 Å². The molecule has 0 aliphatic heterocycles. The van der Waals surface area contributed by atoms with E-state index in [1.807, 2.05) is 13.8 Å². The first-order chi connectivity index (χ1) is 8.46. The quantitative estimate of drug-likeness (QED) is 0.835. The molecule has 0 spiro atoms. The minimum Gasteiger partial charge on any atom is -0.365 e. The van der Waals surface area contributed by atoms with Crippen LogP contribution in [0.5, 0.6) is 0 Å². The van der Waals surface area contributed by atoms with Crippen LogP contribution in [0.15, 0.2) is 0 Å². The predicted molar refractivity (Wildman–Crippen MR) is 64.6 cm³/mol. The molecule has 18 heavy (non-hydrogen) atoms. The Balaban J connectivity index is 2.53. The number of nitrogens with zero attached hydrogens (tertiary/aromatic N) is 1. The van der Waals surface area contributed by atoms with Crippen LogP contribution >= 0.6 is 11.3 Å². The van der Waals surface area contributed by atoms with Crippen molar-refractivity contribution in [1.29, 1.82) is 0 Å². The second-order valence-corrected chi connectivity index (χ2v) is 4.89. The van der Waals surface area contributed by atoms with Gasteiger partial charge in [-0.2, -0.15) is 13.2 Å². The van der Waals surface area contributed by atoms with Crippen LogP contribution in [0.25, 0.3) is 0 Å². The van der Waals surface area contributed by atoms with Crippen LogP contribution in [0.1, 0.15) is 29.4 Å². The number of aromatic nitrogens is 1. The first-order valence-corrected chi connectivity index (χ1v) is 6.60. The molecular formula is C11H17F3N2OS. The van der Waals surface area contributed by atoms with Gasteiger partial charge in [0.1, 0.15) is 11.6 Å². The van der Waals surface area contributed by atoms with Crippen molar-refractivity contribution >= 4 is 11.3 Å². The lowest BCUT2D eigenvalue weighted by Gasteiger charge is -2.05. The summed E-state index contributed by atoms with van der Waals surface area (Å²) < 4.78 is 40.4. The number of hydrogen-bond donors (Lipinski definition) is 1. The number of thiazole rings is 1. The highest BCUT2D eigenvalue weighted by Gasteiger charge is 2.27. The molecule has 1 N–H and O–H groups in total. The standard InChI is InChI=1S/C11H17F3N2OS/c1-3-8-9(5-15-4-2)18-10(16-8)6-17-7-11(12,13)14/h15H,3-7H2,1-2H3. The Morgan fingerprint density at radius 1 is 1.33 bits per heavy atom. The van der Waals surface area contributed by atoms with Gasteiger partial charge in [0.15, 0.2) is 0 Å². The maximum absolute atomic E-state index is 11.9. The summed E-state index contributed by atoms with van der Waals surface area (Å²) in [5.74, 6) is 0. The molecule has 1 aromatic rings. The minimum atomic E-state index is -4.28. The molecule has 0 fully saturated rings. The average molecular weight is 282 g/mol. The molecule has 0 aliphatic carbocycles. The zero-order valence-corrected chi connectivity index (χ0v) is 11.2. The Bertz CT molecular complexity index is 366. The molecule has 7 heteroatoms.